The lowest BCUT2D eigenvalue weighted by atomic mass is 10.0. The molecule has 1 unspecified atom stereocenters. The predicted octanol–water partition coefficient (Wildman–Crippen LogP) is 2.97. The number of aryl methyl sites for hydroxylation is 1. The molecule has 0 aliphatic carbocycles. The Bertz CT molecular complexity index is 571. The first-order valence-corrected chi connectivity index (χ1v) is 6.66. The molecule has 2 heterocycles. The maximum absolute atomic E-state index is 5.66. The van der Waals surface area contributed by atoms with Gasteiger partial charge in [-0.2, -0.15) is 0 Å². The van der Waals surface area contributed by atoms with Crippen LogP contribution in [0.4, 0.5) is 5.82 Å². The summed E-state index contributed by atoms with van der Waals surface area (Å²) in [6.45, 7) is 2.83. The number of benzene rings is 1. The molecule has 1 N–H and O–H groups in total. The normalized spacial score (nSPS) is 17.4. The van der Waals surface area contributed by atoms with E-state index in [1.54, 1.807) is 6.33 Å². The minimum absolute atomic E-state index is 0.254. The van der Waals surface area contributed by atoms with Gasteiger partial charge >= 0.3 is 0 Å². The van der Waals surface area contributed by atoms with Crippen LogP contribution in [0.25, 0.3) is 0 Å². The SMILES string of the molecule is CCc1cc(NC2CCOc3ccccc32)ncn1. The topological polar surface area (TPSA) is 47.0 Å². The number of para-hydroxylation sites is 1. The van der Waals surface area contributed by atoms with Crippen LogP contribution in [-0.2, 0) is 6.42 Å². The third-order valence-corrected chi connectivity index (χ3v) is 3.37. The molecule has 3 rings (SSSR count). The molecule has 0 radical (unpaired) electrons. The molecule has 0 amide bonds. The monoisotopic (exact) mass is 255 g/mol. The fourth-order valence-electron chi connectivity index (χ4n) is 2.34. The van der Waals surface area contributed by atoms with Gasteiger partial charge in [-0.15, -0.1) is 0 Å². The Hall–Kier alpha value is -2.10. The summed E-state index contributed by atoms with van der Waals surface area (Å²) in [6, 6.07) is 10.4. The zero-order valence-electron chi connectivity index (χ0n) is 11.0. The Morgan fingerprint density at radius 3 is 3.11 bits per heavy atom. The van der Waals surface area contributed by atoms with Crippen molar-refractivity contribution >= 4 is 5.82 Å². The molecule has 0 bridgehead atoms. The van der Waals surface area contributed by atoms with Crippen LogP contribution in [0, 0.1) is 0 Å². The summed E-state index contributed by atoms with van der Waals surface area (Å²) in [5.74, 6) is 1.85. The highest BCUT2D eigenvalue weighted by molar-refractivity contribution is 5.44. The van der Waals surface area contributed by atoms with E-state index < -0.39 is 0 Å². The molecule has 1 aromatic carbocycles. The molecule has 0 saturated heterocycles. The van der Waals surface area contributed by atoms with Gasteiger partial charge in [0.1, 0.15) is 17.9 Å². The second-order valence-corrected chi connectivity index (χ2v) is 4.62. The van der Waals surface area contributed by atoms with Crippen molar-refractivity contribution in [2.24, 2.45) is 0 Å². The minimum Gasteiger partial charge on any atom is -0.493 e. The van der Waals surface area contributed by atoms with E-state index >= 15 is 0 Å². The predicted molar refractivity (Wildman–Crippen MR) is 74.3 cm³/mol. The molecule has 1 aliphatic rings. The van der Waals surface area contributed by atoms with Crippen molar-refractivity contribution in [3.63, 3.8) is 0 Å². The molecule has 19 heavy (non-hydrogen) atoms. The zero-order chi connectivity index (χ0) is 13.1. The second kappa shape index (κ2) is 5.26. The van der Waals surface area contributed by atoms with Crippen molar-refractivity contribution in [3.8, 4) is 5.75 Å². The van der Waals surface area contributed by atoms with Crippen molar-refractivity contribution in [1.29, 1.82) is 0 Å². The summed E-state index contributed by atoms with van der Waals surface area (Å²) >= 11 is 0. The van der Waals surface area contributed by atoms with E-state index in [1.165, 1.54) is 5.56 Å². The molecule has 2 aromatic rings. The van der Waals surface area contributed by atoms with Crippen molar-refractivity contribution in [1.82, 2.24) is 9.97 Å². The summed E-state index contributed by atoms with van der Waals surface area (Å²) in [5.41, 5.74) is 2.25. The standard InChI is InChI=1S/C15H17N3O/c1-2-11-9-15(17-10-16-11)18-13-7-8-19-14-6-4-3-5-12(13)14/h3-6,9-10,13H,2,7-8H2,1H3,(H,16,17,18). The first-order chi connectivity index (χ1) is 9.36. The number of anilines is 1. The van der Waals surface area contributed by atoms with Gasteiger partial charge in [0.25, 0.3) is 0 Å². The molecule has 4 nitrogen and oxygen atoms in total. The fourth-order valence-corrected chi connectivity index (χ4v) is 2.34. The highest BCUT2D eigenvalue weighted by Gasteiger charge is 2.21. The fraction of sp³-hybridized carbons (Fsp3) is 0.333. The number of fused-ring (bicyclic) bond motifs is 1. The summed E-state index contributed by atoms with van der Waals surface area (Å²) < 4.78 is 5.66. The van der Waals surface area contributed by atoms with Crippen molar-refractivity contribution in [2.75, 3.05) is 11.9 Å². The van der Waals surface area contributed by atoms with Crippen molar-refractivity contribution in [2.45, 2.75) is 25.8 Å². The number of ether oxygens (including phenoxy) is 1. The average molecular weight is 255 g/mol. The molecular formula is C15H17N3O. The molecule has 0 saturated carbocycles. The van der Waals surface area contributed by atoms with Gasteiger partial charge in [0.15, 0.2) is 0 Å². The Kier molecular flexibility index (Phi) is 3.31. The maximum Gasteiger partial charge on any atom is 0.130 e. The summed E-state index contributed by atoms with van der Waals surface area (Å²) in [5, 5.41) is 3.48. The van der Waals surface area contributed by atoms with Crippen LogP contribution in [0.2, 0.25) is 0 Å². The first-order valence-electron chi connectivity index (χ1n) is 6.66. The summed E-state index contributed by atoms with van der Waals surface area (Å²) in [6.07, 6.45) is 3.48. The zero-order valence-corrected chi connectivity index (χ0v) is 11.0. The highest BCUT2D eigenvalue weighted by atomic mass is 16.5. The van der Waals surface area contributed by atoms with E-state index in [4.69, 9.17) is 4.74 Å². The number of hydrogen-bond donors (Lipinski definition) is 1. The van der Waals surface area contributed by atoms with Crippen molar-refractivity contribution in [3.05, 3.63) is 47.9 Å². The van der Waals surface area contributed by atoms with Gasteiger partial charge in [0, 0.05) is 23.7 Å². The molecular weight excluding hydrogens is 238 g/mol. The van der Waals surface area contributed by atoms with Crippen LogP contribution in [0.1, 0.15) is 30.6 Å². The van der Waals surface area contributed by atoms with E-state index in [0.29, 0.717) is 0 Å². The Balaban J connectivity index is 1.84. The van der Waals surface area contributed by atoms with Gasteiger partial charge < -0.3 is 10.1 Å². The Morgan fingerprint density at radius 2 is 2.21 bits per heavy atom. The number of aromatic nitrogens is 2. The van der Waals surface area contributed by atoms with Crippen LogP contribution in [0.5, 0.6) is 5.75 Å². The first kappa shape index (κ1) is 12.0. The van der Waals surface area contributed by atoms with Gasteiger partial charge in [0.05, 0.1) is 12.6 Å². The van der Waals surface area contributed by atoms with E-state index in [-0.39, 0.29) is 6.04 Å². The van der Waals surface area contributed by atoms with Gasteiger partial charge in [-0.1, -0.05) is 25.1 Å². The third kappa shape index (κ3) is 2.52. The van der Waals surface area contributed by atoms with Crippen molar-refractivity contribution < 1.29 is 4.74 Å². The van der Waals surface area contributed by atoms with Gasteiger partial charge in [-0.05, 0) is 12.5 Å². The minimum atomic E-state index is 0.254. The molecule has 1 aliphatic heterocycles. The lowest BCUT2D eigenvalue weighted by Crippen LogP contribution is -2.20. The quantitative estimate of drug-likeness (QED) is 0.916. The lowest BCUT2D eigenvalue weighted by molar-refractivity contribution is 0.274. The molecule has 98 valence electrons. The number of hydrogen-bond acceptors (Lipinski definition) is 4. The molecule has 1 aromatic heterocycles. The average Bonchev–Trinajstić information content (AvgIpc) is 2.48. The van der Waals surface area contributed by atoms with Crippen LogP contribution in [-0.4, -0.2) is 16.6 Å². The lowest BCUT2D eigenvalue weighted by Gasteiger charge is -2.27. The second-order valence-electron chi connectivity index (χ2n) is 4.62. The number of nitrogens with one attached hydrogen (secondary N) is 1. The van der Waals surface area contributed by atoms with E-state index in [0.717, 1.165) is 36.7 Å². The van der Waals surface area contributed by atoms with Gasteiger partial charge in [-0.25, -0.2) is 9.97 Å². The van der Waals surface area contributed by atoms with E-state index in [9.17, 15) is 0 Å². The van der Waals surface area contributed by atoms with E-state index in [1.807, 2.05) is 24.3 Å². The molecule has 0 fully saturated rings. The smallest absolute Gasteiger partial charge is 0.130 e. The Labute approximate surface area is 112 Å². The van der Waals surface area contributed by atoms with Gasteiger partial charge in [-0.3, -0.25) is 0 Å². The van der Waals surface area contributed by atoms with E-state index in [2.05, 4.69) is 28.3 Å². The maximum atomic E-state index is 5.66. The van der Waals surface area contributed by atoms with Crippen LogP contribution < -0.4 is 10.1 Å². The summed E-state index contributed by atoms with van der Waals surface area (Å²) in [4.78, 5) is 8.51. The Morgan fingerprint density at radius 1 is 1.32 bits per heavy atom. The third-order valence-electron chi connectivity index (χ3n) is 3.37. The van der Waals surface area contributed by atoms with Gasteiger partial charge in [0.2, 0.25) is 0 Å². The van der Waals surface area contributed by atoms with Crippen LogP contribution in [0.15, 0.2) is 36.7 Å². The molecule has 1 atom stereocenters. The largest absolute Gasteiger partial charge is 0.493 e. The van der Waals surface area contributed by atoms with Crippen LogP contribution in [0.3, 0.4) is 0 Å². The summed E-state index contributed by atoms with van der Waals surface area (Å²) in [7, 11) is 0. The highest BCUT2D eigenvalue weighted by Crippen LogP contribution is 2.33. The molecule has 4 heteroatoms. The number of rotatable bonds is 3. The number of nitrogens with zero attached hydrogens (tertiary/aromatic N) is 2. The van der Waals surface area contributed by atoms with Crippen LogP contribution >= 0.6 is 0 Å². The molecule has 0 spiro atoms.